The summed E-state index contributed by atoms with van der Waals surface area (Å²) >= 11 is 12.0. The van der Waals surface area contributed by atoms with Crippen LogP contribution >= 0.6 is 23.2 Å². The van der Waals surface area contributed by atoms with Gasteiger partial charge in [-0.25, -0.2) is 0 Å². The third-order valence-corrected chi connectivity index (χ3v) is 3.45. The van der Waals surface area contributed by atoms with Gasteiger partial charge in [0.2, 0.25) is 0 Å². The molecule has 0 spiro atoms. The van der Waals surface area contributed by atoms with Crippen molar-refractivity contribution >= 4 is 28.9 Å². The van der Waals surface area contributed by atoms with Crippen molar-refractivity contribution in [2.75, 3.05) is 5.32 Å². The summed E-state index contributed by atoms with van der Waals surface area (Å²) in [6.07, 6.45) is 1.06. The molecule has 0 aliphatic rings. The van der Waals surface area contributed by atoms with Gasteiger partial charge in [-0.1, -0.05) is 48.3 Å². The Kier molecular flexibility index (Phi) is 4.51. The Hall–Kier alpha value is -1.18. The zero-order chi connectivity index (χ0) is 13.0. The number of rotatable bonds is 4. The molecule has 0 aliphatic heterocycles. The van der Waals surface area contributed by atoms with E-state index >= 15 is 0 Å². The molecule has 0 amide bonds. The average Bonchev–Trinajstić information content (AvgIpc) is 2.38. The van der Waals surface area contributed by atoms with Crippen molar-refractivity contribution < 1.29 is 0 Å². The minimum Gasteiger partial charge on any atom is -0.381 e. The van der Waals surface area contributed by atoms with Crippen molar-refractivity contribution in [2.45, 2.75) is 19.9 Å². The fourth-order valence-electron chi connectivity index (χ4n) is 1.72. The Labute approximate surface area is 118 Å². The highest BCUT2D eigenvalue weighted by Gasteiger charge is 2.01. The molecule has 2 rings (SSSR count). The SMILES string of the molecule is CCc1ccc(NCc2ccc(Cl)cc2Cl)cc1. The van der Waals surface area contributed by atoms with Crippen LogP contribution in [0.4, 0.5) is 5.69 Å². The van der Waals surface area contributed by atoms with Gasteiger partial charge in [0.1, 0.15) is 0 Å². The van der Waals surface area contributed by atoms with Crippen LogP contribution in [0.3, 0.4) is 0 Å². The fourth-order valence-corrected chi connectivity index (χ4v) is 2.20. The Morgan fingerprint density at radius 3 is 2.33 bits per heavy atom. The fraction of sp³-hybridized carbons (Fsp3) is 0.200. The van der Waals surface area contributed by atoms with Gasteiger partial charge in [0.15, 0.2) is 0 Å². The van der Waals surface area contributed by atoms with Crippen LogP contribution in [0.2, 0.25) is 10.0 Å². The standard InChI is InChI=1S/C15H15Cl2N/c1-2-11-3-7-14(8-4-11)18-10-12-5-6-13(16)9-15(12)17/h3-9,18H,2,10H2,1H3. The molecule has 0 unspecified atom stereocenters. The molecular weight excluding hydrogens is 265 g/mol. The van der Waals surface area contributed by atoms with Crippen molar-refractivity contribution in [3.05, 3.63) is 63.6 Å². The molecule has 0 aromatic heterocycles. The number of anilines is 1. The van der Waals surface area contributed by atoms with Crippen molar-refractivity contribution in [1.29, 1.82) is 0 Å². The lowest BCUT2D eigenvalue weighted by molar-refractivity contribution is 1.12. The number of hydrogen-bond donors (Lipinski definition) is 1. The largest absolute Gasteiger partial charge is 0.381 e. The molecule has 0 saturated heterocycles. The minimum absolute atomic E-state index is 0.663. The first-order valence-corrected chi connectivity index (χ1v) is 6.71. The lowest BCUT2D eigenvalue weighted by Crippen LogP contribution is -2.00. The van der Waals surface area contributed by atoms with Crippen LogP contribution in [0.15, 0.2) is 42.5 Å². The van der Waals surface area contributed by atoms with Crippen molar-refractivity contribution in [3.8, 4) is 0 Å². The van der Waals surface area contributed by atoms with Gasteiger partial charge in [-0.15, -0.1) is 0 Å². The molecule has 2 aromatic rings. The zero-order valence-corrected chi connectivity index (χ0v) is 11.7. The highest BCUT2D eigenvalue weighted by Crippen LogP contribution is 2.22. The lowest BCUT2D eigenvalue weighted by Gasteiger charge is -2.09. The Morgan fingerprint density at radius 2 is 1.72 bits per heavy atom. The number of hydrogen-bond acceptors (Lipinski definition) is 1. The summed E-state index contributed by atoms with van der Waals surface area (Å²) in [5.41, 5.74) is 3.48. The normalized spacial score (nSPS) is 10.4. The van der Waals surface area contributed by atoms with Crippen molar-refractivity contribution in [1.82, 2.24) is 0 Å². The number of nitrogens with one attached hydrogen (secondary N) is 1. The third-order valence-electron chi connectivity index (χ3n) is 2.86. The van der Waals surface area contributed by atoms with E-state index in [1.165, 1.54) is 5.56 Å². The lowest BCUT2D eigenvalue weighted by atomic mass is 10.1. The van der Waals surface area contributed by atoms with Crippen LogP contribution in [-0.2, 0) is 13.0 Å². The molecule has 0 saturated carbocycles. The monoisotopic (exact) mass is 279 g/mol. The molecule has 1 nitrogen and oxygen atoms in total. The first kappa shape index (κ1) is 13.3. The van der Waals surface area contributed by atoms with Crippen LogP contribution < -0.4 is 5.32 Å². The molecule has 0 aliphatic carbocycles. The van der Waals surface area contributed by atoms with Gasteiger partial charge in [0.05, 0.1) is 0 Å². The smallest absolute Gasteiger partial charge is 0.0470 e. The van der Waals surface area contributed by atoms with Gasteiger partial charge >= 0.3 is 0 Å². The van der Waals surface area contributed by atoms with E-state index in [1.807, 2.05) is 12.1 Å². The van der Waals surface area contributed by atoms with Gasteiger partial charge < -0.3 is 5.32 Å². The third kappa shape index (κ3) is 3.41. The summed E-state index contributed by atoms with van der Waals surface area (Å²) in [6, 6.07) is 14.0. The summed E-state index contributed by atoms with van der Waals surface area (Å²) in [7, 11) is 0. The van der Waals surface area contributed by atoms with Crippen LogP contribution in [0.25, 0.3) is 0 Å². The number of halogens is 2. The molecule has 0 fully saturated rings. The van der Waals surface area contributed by atoms with Gasteiger partial charge in [0.25, 0.3) is 0 Å². The van der Waals surface area contributed by atoms with E-state index in [9.17, 15) is 0 Å². The second-order valence-corrected chi connectivity index (χ2v) is 4.98. The van der Waals surface area contributed by atoms with Crippen LogP contribution in [0.5, 0.6) is 0 Å². The van der Waals surface area contributed by atoms with Crippen LogP contribution in [0, 0.1) is 0 Å². The molecule has 1 N–H and O–H groups in total. The van der Waals surface area contributed by atoms with E-state index in [1.54, 1.807) is 6.07 Å². The molecule has 0 radical (unpaired) electrons. The van der Waals surface area contributed by atoms with Crippen LogP contribution in [-0.4, -0.2) is 0 Å². The molecular formula is C15H15Cl2N. The maximum absolute atomic E-state index is 6.12. The topological polar surface area (TPSA) is 12.0 Å². The Morgan fingerprint density at radius 1 is 1.00 bits per heavy atom. The second-order valence-electron chi connectivity index (χ2n) is 4.14. The average molecular weight is 280 g/mol. The zero-order valence-electron chi connectivity index (χ0n) is 10.2. The summed E-state index contributed by atoms with van der Waals surface area (Å²) in [6.45, 7) is 2.84. The quantitative estimate of drug-likeness (QED) is 0.814. The predicted octanol–water partition coefficient (Wildman–Crippen LogP) is 5.17. The van der Waals surface area contributed by atoms with E-state index in [4.69, 9.17) is 23.2 Å². The second kappa shape index (κ2) is 6.12. The van der Waals surface area contributed by atoms with E-state index in [-0.39, 0.29) is 0 Å². The number of benzene rings is 2. The molecule has 0 bridgehead atoms. The maximum atomic E-state index is 6.12. The molecule has 0 heterocycles. The molecule has 94 valence electrons. The highest BCUT2D eigenvalue weighted by molar-refractivity contribution is 6.35. The van der Waals surface area contributed by atoms with E-state index in [2.05, 4.69) is 36.5 Å². The van der Waals surface area contributed by atoms with Gasteiger partial charge in [-0.2, -0.15) is 0 Å². The molecule has 3 heteroatoms. The van der Waals surface area contributed by atoms with Crippen molar-refractivity contribution in [3.63, 3.8) is 0 Å². The minimum atomic E-state index is 0.663. The molecule has 0 atom stereocenters. The van der Waals surface area contributed by atoms with E-state index in [0.29, 0.717) is 16.6 Å². The first-order chi connectivity index (χ1) is 8.69. The van der Waals surface area contributed by atoms with E-state index in [0.717, 1.165) is 17.7 Å². The predicted molar refractivity (Wildman–Crippen MR) is 79.6 cm³/mol. The molecule has 2 aromatic carbocycles. The molecule has 18 heavy (non-hydrogen) atoms. The summed E-state index contributed by atoms with van der Waals surface area (Å²) in [5.74, 6) is 0. The Bertz CT molecular complexity index is 521. The van der Waals surface area contributed by atoms with Gasteiger partial charge in [0, 0.05) is 22.3 Å². The summed E-state index contributed by atoms with van der Waals surface area (Å²) in [5, 5.41) is 4.70. The summed E-state index contributed by atoms with van der Waals surface area (Å²) < 4.78 is 0. The van der Waals surface area contributed by atoms with E-state index < -0.39 is 0 Å². The highest BCUT2D eigenvalue weighted by atomic mass is 35.5. The first-order valence-electron chi connectivity index (χ1n) is 5.96. The number of aryl methyl sites for hydroxylation is 1. The van der Waals surface area contributed by atoms with Crippen molar-refractivity contribution in [2.24, 2.45) is 0 Å². The van der Waals surface area contributed by atoms with Gasteiger partial charge in [-0.3, -0.25) is 0 Å². The van der Waals surface area contributed by atoms with Gasteiger partial charge in [-0.05, 0) is 41.8 Å². The van der Waals surface area contributed by atoms with Crippen LogP contribution in [0.1, 0.15) is 18.1 Å². The summed E-state index contributed by atoms with van der Waals surface area (Å²) in [4.78, 5) is 0. The maximum Gasteiger partial charge on any atom is 0.0470 e. The Balaban J connectivity index is 2.02.